The van der Waals surface area contributed by atoms with Crippen LogP contribution in [0, 0.1) is 11.2 Å². The van der Waals surface area contributed by atoms with Crippen LogP contribution in [0.3, 0.4) is 0 Å². The number of halogens is 1. The molecule has 0 aliphatic carbocycles. The van der Waals surface area contributed by atoms with Crippen LogP contribution in [0.25, 0.3) is 22.5 Å². The lowest BCUT2D eigenvalue weighted by molar-refractivity contribution is -0.195. The summed E-state index contributed by atoms with van der Waals surface area (Å²) < 4.78 is 20.7. The number of pyridine rings is 1. The monoisotopic (exact) mass is 497 g/mol. The molecule has 0 saturated carbocycles. The van der Waals surface area contributed by atoms with E-state index in [9.17, 15) is 14.0 Å². The van der Waals surface area contributed by atoms with E-state index in [2.05, 4.69) is 15.3 Å². The number of imidazole rings is 1. The zero-order valence-electron chi connectivity index (χ0n) is 19.9. The van der Waals surface area contributed by atoms with Crippen molar-refractivity contribution in [3.63, 3.8) is 0 Å². The van der Waals surface area contributed by atoms with Crippen molar-refractivity contribution < 1.29 is 18.7 Å². The van der Waals surface area contributed by atoms with Crippen molar-refractivity contribution in [3.8, 4) is 22.5 Å². The number of aromatic nitrogens is 3. The van der Waals surface area contributed by atoms with Gasteiger partial charge >= 0.3 is 0 Å². The van der Waals surface area contributed by atoms with Crippen LogP contribution < -0.4 is 5.32 Å². The third kappa shape index (κ3) is 4.49. The highest BCUT2D eigenvalue weighted by Gasteiger charge is 2.50. The number of carbonyl (C=O) groups excluding carboxylic acids is 2. The van der Waals surface area contributed by atoms with Gasteiger partial charge in [-0.2, -0.15) is 0 Å². The van der Waals surface area contributed by atoms with Crippen molar-refractivity contribution in [2.75, 3.05) is 31.6 Å². The van der Waals surface area contributed by atoms with Crippen LogP contribution in [0.1, 0.15) is 10.4 Å². The number of anilines is 1. The molecular weight excluding hydrogens is 473 g/mol. The molecule has 2 aliphatic heterocycles. The Balaban J connectivity index is 1.31. The number of ether oxygens (including phenoxy) is 1. The summed E-state index contributed by atoms with van der Waals surface area (Å²) in [6, 6.07) is 18.5. The van der Waals surface area contributed by atoms with Gasteiger partial charge in [0, 0.05) is 36.0 Å². The molecule has 2 amide bonds. The van der Waals surface area contributed by atoms with E-state index in [0.717, 1.165) is 5.56 Å². The van der Waals surface area contributed by atoms with E-state index in [1.165, 1.54) is 12.1 Å². The van der Waals surface area contributed by atoms with Crippen LogP contribution in [0.4, 0.5) is 10.2 Å². The molecule has 2 aromatic carbocycles. The number of rotatable bonds is 6. The van der Waals surface area contributed by atoms with Crippen molar-refractivity contribution in [1.82, 2.24) is 19.4 Å². The molecule has 8 nitrogen and oxygen atoms in total. The second-order valence-electron chi connectivity index (χ2n) is 9.57. The molecule has 1 spiro atoms. The largest absolute Gasteiger partial charge is 0.380 e. The predicted molar refractivity (Wildman–Crippen MR) is 135 cm³/mol. The predicted octanol–water partition coefficient (Wildman–Crippen LogP) is 3.86. The van der Waals surface area contributed by atoms with Crippen molar-refractivity contribution >= 4 is 17.6 Å². The number of nitrogens with zero attached hydrogens (tertiary/aromatic N) is 4. The first-order chi connectivity index (χ1) is 18.0. The zero-order valence-corrected chi connectivity index (χ0v) is 19.9. The number of nitrogens with one attached hydrogen (secondary N) is 1. The Bertz CT molecular complexity index is 1460. The Hall–Kier alpha value is -4.37. The van der Waals surface area contributed by atoms with Gasteiger partial charge in [0.2, 0.25) is 5.91 Å². The fourth-order valence-corrected chi connectivity index (χ4v) is 4.81. The molecule has 4 aromatic rings. The van der Waals surface area contributed by atoms with Gasteiger partial charge < -0.3 is 19.5 Å². The molecule has 0 bridgehead atoms. The molecular formula is C28H24FN5O3. The SMILES string of the molecule is O=C(Nc1cc(-c2c(-c3ccc(F)cc3)ncn2CC(=O)N2CC3(COC3)C2)ccn1)c1ccccc1. The van der Waals surface area contributed by atoms with Crippen molar-refractivity contribution in [3.05, 3.63) is 90.6 Å². The summed E-state index contributed by atoms with van der Waals surface area (Å²) in [5.74, 6) is -0.264. The van der Waals surface area contributed by atoms with Crippen LogP contribution in [-0.4, -0.2) is 57.6 Å². The average Bonchev–Trinajstić information content (AvgIpc) is 3.27. The lowest BCUT2D eigenvalue weighted by atomic mass is 9.78. The van der Waals surface area contributed by atoms with Gasteiger partial charge in [-0.25, -0.2) is 14.4 Å². The molecule has 1 N–H and O–H groups in total. The number of hydrogen-bond acceptors (Lipinski definition) is 5. The van der Waals surface area contributed by atoms with Crippen LogP contribution in [0.5, 0.6) is 0 Å². The number of likely N-dealkylation sites (tertiary alicyclic amines) is 1. The third-order valence-corrected chi connectivity index (χ3v) is 6.79. The van der Waals surface area contributed by atoms with Crippen LogP contribution in [0.15, 0.2) is 79.3 Å². The Labute approximate surface area is 212 Å². The van der Waals surface area contributed by atoms with Gasteiger partial charge in [-0.3, -0.25) is 9.59 Å². The first-order valence-electron chi connectivity index (χ1n) is 12.0. The van der Waals surface area contributed by atoms with E-state index in [-0.39, 0.29) is 29.6 Å². The molecule has 0 unspecified atom stereocenters. The minimum Gasteiger partial charge on any atom is -0.380 e. The van der Waals surface area contributed by atoms with Gasteiger partial charge in [0.1, 0.15) is 18.2 Å². The van der Waals surface area contributed by atoms with Gasteiger partial charge in [-0.05, 0) is 48.5 Å². The highest BCUT2D eigenvalue weighted by molar-refractivity contribution is 6.04. The van der Waals surface area contributed by atoms with Crippen LogP contribution in [-0.2, 0) is 16.1 Å². The second kappa shape index (κ2) is 9.25. The zero-order chi connectivity index (χ0) is 25.4. The fourth-order valence-electron chi connectivity index (χ4n) is 4.81. The summed E-state index contributed by atoms with van der Waals surface area (Å²) in [4.78, 5) is 36.5. The Morgan fingerprint density at radius 2 is 1.73 bits per heavy atom. The van der Waals surface area contributed by atoms with E-state index in [1.54, 1.807) is 65.6 Å². The van der Waals surface area contributed by atoms with Gasteiger partial charge in [0.25, 0.3) is 5.91 Å². The van der Waals surface area contributed by atoms with E-state index in [0.29, 0.717) is 54.6 Å². The molecule has 6 rings (SSSR count). The summed E-state index contributed by atoms with van der Waals surface area (Å²) in [6.07, 6.45) is 3.22. The summed E-state index contributed by atoms with van der Waals surface area (Å²) in [6.45, 7) is 2.92. The molecule has 2 aliphatic rings. The first kappa shape index (κ1) is 23.1. The number of benzene rings is 2. The minimum absolute atomic E-state index is 0.00603. The quantitative estimate of drug-likeness (QED) is 0.437. The molecule has 0 radical (unpaired) electrons. The third-order valence-electron chi connectivity index (χ3n) is 6.79. The molecule has 2 saturated heterocycles. The summed E-state index contributed by atoms with van der Waals surface area (Å²) in [5.41, 5.74) is 3.36. The molecule has 186 valence electrons. The molecule has 37 heavy (non-hydrogen) atoms. The fraction of sp³-hybridized carbons (Fsp3) is 0.214. The van der Waals surface area contributed by atoms with Gasteiger partial charge in [-0.15, -0.1) is 0 Å². The van der Waals surface area contributed by atoms with E-state index in [4.69, 9.17) is 4.74 Å². The lowest BCUT2D eigenvalue weighted by Gasteiger charge is -2.54. The van der Waals surface area contributed by atoms with Crippen molar-refractivity contribution in [2.45, 2.75) is 6.54 Å². The number of carbonyl (C=O) groups is 2. The van der Waals surface area contributed by atoms with Crippen LogP contribution >= 0.6 is 0 Å². The van der Waals surface area contributed by atoms with E-state index in [1.807, 2.05) is 11.0 Å². The lowest BCUT2D eigenvalue weighted by Crippen LogP contribution is -2.67. The summed E-state index contributed by atoms with van der Waals surface area (Å²) >= 11 is 0. The summed E-state index contributed by atoms with van der Waals surface area (Å²) in [7, 11) is 0. The maximum atomic E-state index is 13.6. The normalized spacial score (nSPS) is 15.6. The number of hydrogen-bond donors (Lipinski definition) is 1. The van der Waals surface area contributed by atoms with Gasteiger partial charge in [-0.1, -0.05) is 18.2 Å². The minimum atomic E-state index is -0.346. The smallest absolute Gasteiger partial charge is 0.256 e. The Morgan fingerprint density at radius 1 is 0.973 bits per heavy atom. The maximum absolute atomic E-state index is 13.6. The Kier molecular flexibility index (Phi) is 5.77. The second-order valence-corrected chi connectivity index (χ2v) is 9.57. The highest BCUT2D eigenvalue weighted by Crippen LogP contribution is 2.38. The number of amides is 2. The molecule has 2 fully saturated rings. The van der Waals surface area contributed by atoms with Crippen LogP contribution in [0.2, 0.25) is 0 Å². The van der Waals surface area contributed by atoms with Gasteiger partial charge in [0.15, 0.2) is 0 Å². The molecule has 9 heteroatoms. The molecule has 0 atom stereocenters. The van der Waals surface area contributed by atoms with Gasteiger partial charge in [0.05, 0.1) is 36.3 Å². The molecule has 4 heterocycles. The van der Waals surface area contributed by atoms with Crippen molar-refractivity contribution in [2.24, 2.45) is 5.41 Å². The highest BCUT2D eigenvalue weighted by atomic mass is 19.1. The first-order valence-corrected chi connectivity index (χ1v) is 12.0. The average molecular weight is 498 g/mol. The topological polar surface area (TPSA) is 89.4 Å². The maximum Gasteiger partial charge on any atom is 0.256 e. The van der Waals surface area contributed by atoms with E-state index >= 15 is 0 Å². The standard InChI is InChI=1S/C28H24FN5O3/c29-22-8-6-19(7-9-22)25-26(33(18-31-25)13-24(35)34-14-28(15-34)16-37-17-28)21-10-11-30-23(12-21)32-27(36)20-4-2-1-3-5-20/h1-12,18H,13-17H2,(H,30,32,36). The molecule has 2 aromatic heterocycles. The summed E-state index contributed by atoms with van der Waals surface area (Å²) in [5, 5.41) is 2.83. The van der Waals surface area contributed by atoms with E-state index < -0.39 is 0 Å². The Morgan fingerprint density at radius 3 is 2.43 bits per heavy atom. The van der Waals surface area contributed by atoms with Crippen molar-refractivity contribution in [1.29, 1.82) is 0 Å².